The van der Waals surface area contributed by atoms with Gasteiger partial charge in [0.2, 0.25) is 0 Å². The van der Waals surface area contributed by atoms with Crippen LogP contribution in [0.2, 0.25) is 0 Å². The van der Waals surface area contributed by atoms with Crippen LogP contribution >= 0.6 is 0 Å². The van der Waals surface area contributed by atoms with Crippen LogP contribution < -0.4 is 16.6 Å². The number of ether oxygens (including phenoxy) is 1. The van der Waals surface area contributed by atoms with Crippen LogP contribution in [0.15, 0.2) is 18.2 Å². The Morgan fingerprint density at radius 2 is 1.74 bits per heavy atom. The molecule has 0 heterocycles. The summed E-state index contributed by atoms with van der Waals surface area (Å²) >= 11 is 0. The van der Waals surface area contributed by atoms with Crippen molar-refractivity contribution in [1.82, 2.24) is 5.43 Å². The van der Waals surface area contributed by atoms with E-state index in [2.05, 4.69) is 5.32 Å². The molecule has 0 aromatic heterocycles. The molecular formula is C19H26FN3O4. The Morgan fingerprint density at radius 3 is 2.26 bits per heavy atom. The van der Waals surface area contributed by atoms with Crippen molar-refractivity contribution in [2.45, 2.75) is 58.0 Å². The number of carbonyl (C=O) groups excluding carboxylic acids is 3. The fraction of sp³-hybridized carbons (Fsp3) is 0.526. The number of amides is 2. The highest BCUT2D eigenvalue weighted by atomic mass is 19.1. The highest BCUT2D eigenvalue weighted by Gasteiger charge is 2.30. The summed E-state index contributed by atoms with van der Waals surface area (Å²) in [6.45, 7) is 5.53. The number of rotatable bonds is 3. The smallest absolute Gasteiger partial charge is 0.323 e. The van der Waals surface area contributed by atoms with E-state index in [1.807, 2.05) is 20.8 Å². The van der Waals surface area contributed by atoms with Crippen LogP contribution in [0.1, 0.15) is 57.9 Å². The summed E-state index contributed by atoms with van der Waals surface area (Å²) in [5, 5.41) is 2.17. The van der Waals surface area contributed by atoms with Gasteiger partial charge in [0, 0.05) is 0 Å². The lowest BCUT2D eigenvalue weighted by Gasteiger charge is -2.30. The van der Waals surface area contributed by atoms with E-state index in [0.29, 0.717) is 12.8 Å². The molecule has 7 nitrogen and oxygen atoms in total. The number of halogens is 1. The lowest BCUT2D eigenvalue weighted by atomic mass is 9.78. The Balaban J connectivity index is 1.96. The first-order valence-electron chi connectivity index (χ1n) is 8.95. The fourth-order valence-corrected chi connectivity index (χ4v) is 3.18. The monoisotopic (exact) mass is 379 g/mol. The van der Waals surface area contributed by atoms with Crippen LogP contribution in [0.25, 0.3) is 0 Å². The van der Waals surface area contributed by atoms with Crippen molar-refractivity contribution in [2.75, 3.05) is 5.32 Å². The van der Waals surface area contributed by atoms with E-state index in [-0.39, 0.29) is 23.5 Å². The third-order valence-electron chi connectivity index (χ3n) is 4.52. The molecule has 0 spiro atoms. The minimum Gasteiger partial charge on any atom is -0.460 e. The van der Waals surface area contributed by atoms with Gasteiger partial charge in [-0.25, -0.2) is 10.2 Å². The summed E-state index contributed by atoms with van der Waals surface area (Å²) in [4.78, 5) is 34.7. The Hall–Kier alpha value is -2.48. The maximum absolute atomic E-state index is 14.3. The van der Waals surface area contributed by atoms with Gasteiger partial charge < -0.3 is 10.1 Å². The number of carbonyl (C=O) groups is 3. The van der Waals surface area contributed by atoms with Crippen molar-refractivity contribution in [2.24, 2.45) is 11.8 Å². The topological polar surface area (TPSA) is 111 Å². The standard InChI is InChI=1S/C19H26FN3O4/c1-19(2,3)27-18(26)12-6-4-11(5-7-12)13-8-9-15(14(20)10-13)22-16(24)17(25)23-21/h8-12H,4-7,21H2,1-3H3,(H,22,24)(H,23,25). The summed E-state index contributed by atoms with van der Waals surface area (Å²) in [7, 11) is 0. The van der Waals surface area contributed by atoms with E-state index in [1.54, 1.807) is 11.5 Å². The molecule has 1 aromatic carbocycles. The quantitative estimate of drug-likeness (QED) is 0.245. The largest absolute Gasteiger partial charge is 0.460 e. The first-order chi connectivity index (χ1) is 12.6. The molecule has 2 rings (SSSR count). The van der Waals surface area contributed by atoms with Crippen molar-refractivity contribution in [3.05, 3.63) is 29.6 Å². The molecular weight excluding hydrogens is 353 g/mol. The predicted molar refractivity (Wildman–Crippen MR) is 97.9 cm³/mol. The normalized spacial score (nSPS) is 19.9. The Kier molecular flexibility index (Phi) is 6.54. The molecule has 0 radical (unpaired) electrons. The molecule has 4 N–H and O–H groups in total. The second-order valence-electron chi connectivity index (χ2n) is 7.75. The lowest BCUT2D eigenvalue weighted by molar-refractivity contribution is -0.161. The molecule has 8 heteroatoms. The van der Waals surface area contributed by atoms with Gasteiger partial charge in [-0.1, -0.05) is 6.07 Å². The van der Waals surface area contributed by atoms with Gasteiger partial charge in [0.1, 0.15) is 11.4 Å². The van der Waals surface area contributed by atoms with Gasteiger partial charge in [-0.3, -0.25) is 19.8 Å². The Morgan fingerprint density at radius 1 is 1.11 bits per heavy atom. The van der Waals surface area contributed by atoms with Crippen molar-refractivity contribution < 1.29 is 23.5 Å². The second kappa shape index (κ2) is 8.47. The Bertz CT molecular complexity index is 722. The van der Waals surface area contributed by atoms with Crippen molar-refractivity contribution in [1.29, 1.82) is 0 Å². The summed E-state index contributed by atoms with van der Waals surface area (Å²) in [6.07, 6.45) is 2.89. The van der Waals surface area contributed by atoms with E-state index in [9.17, 15) is 18.8 Å². The highest BCUT2D eigenvalue weighted by molar-refractivity contribution is 6.39. The van der Waals surface area contributed by atoms with Crippen LogP contribution in [0.4, 0.5) is 10.1 Å². The van der Waals surface area contributed by atoms with Gasteiger partial charge in [-0.05, 0) is 70.1 Å². The van der Waals surface area contributed by atoms with Gasteiger partial charge in [0.25, 0.3) is 0 Å². The molecule has 0 atom stereocenters. The molecule has 1 aliphatic rings. The highest BCUT2D eigenvalue weighted by Crippen LogP contribution is 2.37. The summed E-state index contributed by atoms with van der Waals surface area (Å²) in [5.41, 5.74) is 1.90. The molecule has 0 saturated heterocycles. The molecule has 2 amide bonds. The number of nitrogens with one attached hydrogen (secondary N) is 2. The second-order valence-corrected chi connectivity index (χ2v) is 7.75. The van der Waals surface area contributed by atoms with Crippen molar-refractivity contribution in [3.63, 3.8) is 0 Å². The van der Waals surface area contributed by atoms with Crippen LogP contribution in [0.5, 0.6) is 0 Å². The zero-order chi connectivity index (χ0) is 20.2. The molecule has 0 unspecified atom stereocenters. The summed E-state index contributed by atoms with van der Waals surface area (Å²) in [5.74, 6) is 1.97. The maximum Gasteiger partial charge on any atom is 0.323 e. The van der Waals surface area contributed by atoms with E-state index >= 15 is 0 Å². The average molecular weight is 379 g/mol. The van der Waals surface area contributed by atoms with Crippen LogP contribution in [-0.2, 0) is 19.1 Å². The molecule has 0 bridgehead atoms. The fourth-order valence-electron chi connectivity index (χ4n) is 3.18. The molecule has 1 aromatic rings. The van der Waals surface area contributed by atoms with Crippen LogP contribution in [0, 0.1) is 11.7 Å². The number of nitrogens with two attached hydrogens (primary N) is 1. The molecule has 148 valence electrons. The molecule has 27 heavy (non-hydrogen) atoms. The maximum atomic E-state index is 14.3. The SMILES string of the molecule is CC(C)(C)OC(=O)C1CCC(c2ccc(NC(=O)C(=O)NN)c(F)c2)CC1. The Labute approximate surface area is 157 Å². The van der Waals surface area contributed by atoms with Gasteiger partial charge in [0.15, 0.2) is 0 Å². The molecule has 1 aliphatic carbocycles. The number of hydrogen-bond acceptors (Lipinski definition) is 5. The summed E-state index contributed by atoms with van der Waals surface area (Å²) in [6, 6.07) is 4.50. The number of benzene rings is 1. The van der Waals surface area contributed by atoms with Gasteiger partial charge in [-0.2, -0.15) is 0 Å². The predicted octanol–water partition coefficient (Wildman–Crippen LogP) is 2.37. The molecule has 1 fully saturated rings. The van der Waals surface area contributed by atoms with E-state index < -0.39 is 23.2 Å². The van der Waals surface area contributed by atoms with Crippen molar-refractivity contribution in [3.8, 4) is 0 Å². The van der Waals surface area contributed by atoms with Crippen LogP contribution in [0.3, 0.4) is 0 Å². The lowest BCUT2D eigenvalue weighted by Crippen LogP contribution is -2.39. The van der Waals surface area contributed by atoms with Crippen LogP contribution in [-0.4, -0.2) is 23.4 Å². The third-order valence-corrected chi connectivity index (χ3v) is 4.52. The van der Waals surface area contributed by atoms with Gasteiger partial charge in [0.05, 0.1) is 11.6 Å². The first-order valence-corrected chi connectivity index (χ1v) is 8.95. The minimum atomic E-state index is -1.06. The number of hydrazine groups is 1. The van der Waals surface area contributed by atoms with E-state index in [1.165, 1.54) is 12.1 Å². The number of anilines is 1. The van der Waals surface area contributed by atoms with E-state index in [0.717, 1.165) is 18.4 Å². The zero-order valence-corrected chi connectivity index (χ0v) is 15.8. The molecule has 1 saturated carbocycles. The zero-order valence-electron chi connectivity index (χ0n) is 15.8. The minimum absolute atomic E-state index is 0.0882. The first kappa shape index (κ1) is 20.8. The van der Waals surface area contributed by atoms with Crippen molar-refractivity contribution >= 4 is 23.5 Å². The van der Waals surface area contributed by atoms with E-state index in [4.69, 9.17) is 10.6 Å². The molecule has 0 aliphatic heterocycles. The average Bonchev–Trinajstić information content (AvgIpc) is 2.61. The number of hydrogen-bond donors (Lipinski definition) is 3. The number of esters is 1. The third kappa shape index (κ3) is 5.75. The summed E-state index contributed by atoms with van der Waals surface area (Å²) < 4.78 is 19.7. The van der Waals surface area contributed by atoms with Gasteiger partial charge in [-0.15, -0.1) is 0 Å². The van der Waals surface area contributed by atoms with Gasteiger partial charge >= 0.3 is 17.8 Å².